The van der Waals surface area contributed by atoms with Crippen molar-refractivity contribution < 1.29 is 9.53 Å². The number of ether oxygens (including phenoxy) is 1. The molecule has 2 N–H and O–H groups in total. The highest BCUT2D eigenvalue weighted by Gasteiger charge is 2.06. The molecule has 5 heteroatoms. The van der Waals surface area contributed by atoms with Gasteiger partial charge in [0, 0.05) is 11.8 Å². The van der Waals surface area contributed by atoms with Crippen molar-refractivity contribution in [2.24, 2.45) is 0 Å². The van der Waals surface area contributed by atoms with Crippen molar-refractivity contribution in [3.63, 3.8) is 0 Å². The number of amides is 1. The summed E-state index contributed by atoms with van der Waals surface area (Å²) in [5, 5.41) is 9.61. The lowest BCUT2D eigenvalue weighted by atomic mass is 10.2. The van der Waals surface area contributed by atoms with Gasteiger partial charge in [0.15, 0.2) is 12.4 Å². The van der Waals surface area contributed by atoms with E-state index >= 15 is 0 Å². The van der Waals surface area contributed by atoms with Gasteiger partial charge < -0.3 is 10.1 Å². The first-order valence-electron chi connectivity index (χ1n) is 6.71. The molecule has 5 nitrogen and oxygen atoms in total. The zero-order valence-corrected chi connectivity index (χ0v) is 11.8. The second kappa shape index (κ2) is 6.75. The van der Waals surface area contributed by atoms with Crippen molar-refractivity contribution in [3.8, 4) is 5.75 Å². The van der Waals surface area contributed by atoms with Crippen LogP contribution in [-0.2, 0) is 11.2 Å². The predicted molar refractivity (Wildman–Crippen MR) is 77.9 cm³/mol. The van der Waals surface area contributed by atoms with Gasteiger partial charge in [0.05, 0.1) is 0 Å². The minimum atomic E-state index is -0.222. The van der Waals surface area contributed by atoms with E-state index in [4.69, 9.17) is 4.74 Å². The Hall–Kier alpha value is -2.30. The topological polar surface area (TPSA) is 67.0 Å². The Balaban J connectivity index is 1.81. The van der Waals surface area contributed by atoms with Crippen LogP contribution in [0.15, 0.2) is 30.3 Å². The molecule has 0 atom stereocenters. The molecule has 20 heavy (non-hydrogen) atoms. The Morgan fingerprint density at radius 3 is 2.80 bits per heavy atom. The van der Waals surface area contributed by atoms with E-state index in [1.165, 1.54) is 0 Å². The maximum atomic E-state index is 11.7. The van der Waals surface area contributed by atoms with Gasteiger partial charge >= 0.3 is 0 Å². The Kier molecular flexibility index (Phi) is 4.76. The van der Waals surface area contributed by atoms with Crippen LogP contribution in [0.5, 0.6) is 5.75 Å². The van der Waals surface area contributed by atoms with Crippen molar-refractivity contribution in [1.82, 2.24) is 10.2 Å². The molecule has 0 radical (unpaired) electrons. The highest BCUT2D eigenvalue weighted by molar-refractivity contribution is 5.90. The molecule has 0 aliphatic carbocycles. The van der Waals surface area contributed by atoms with Crippen LogP contribution in [0.4, 0.5) is 5.82 Å². The van der Waals surface area contributed by atoms with Crippen LogP contribution < -0.4 is 10.1 Å². The van der Waals surface area contributed by atoms with Gasteiger partial charge in [-0.2, -0.15) is 5.10 Å². The van der Waals surface area contributed by atoms with Crippen molar-refractivity contribution in [3.05, 3.63) is 41.6 Å². The quantitative estimate of drug-likeness (QED) is 0.850. The summed E-state index contributed by atoms with van der Waals surface area (Å²) in [5.41, 5.74) is 2.17. The largest absolute Gasteiger partial charge is 0.484 e. The van der Waals surface area contributed by atoms with Crippen LogP contribution in [0.1, 0.15) is 24.6 Å². The number of H-pyrrole nitrogens is 1. The zero-order chi connectivity index (χ0) is 14.4. The van der Waals surface area contributed by atoms with Crippen LogP contribution in [-0.4, -0.2) is 22.7 Å². The average molecular weight is 273 g/mol. The van der Waals surface area contributed by atoms with Gasteiger partial charge in [-0.1, -0.05) is 31.0 Å². The fourth-order valence-electron chi connectivity index (χ4n) is 1.79. The third kappa shape index (κ3) is 4.12. The number of benzene rings is 1. The van der Waals surface area contributed by atoms with Gasteiger partial charge in [-0.05, 0) is 25.5 Å². The number of carbonyl (C=O) groups is 1. The summed E-state index contributed by atoms with van der Waals surface area (Å²) < 4.78 is 5.40. The SMILES string of the molecule is CCCc1cc(NC(=O)COc2ccc(C)cc2)n[nH]1. The summed E-state index contributed by atoms with van der Waals surface area (Å²) in [6.07, 6.45) is 1.95. The van der Waals surface area contributed by atoms with E-state index in [0.29, 0.717) is 11.6 Å². The van der Waals surface area contributed by atoms with Crippen LogP contribution in [0.25, 0.3) is 0 Å². The molecule has 0 spiro atoms. The molecule has 0 fully saturated rings. The Labute approximate surface area is 118 Å². The molecule has 0 saturated carbocycles. The summed E-state index contributed by atoms with van der Waals surface area (Å²) in [7, 11) is 0. The first-order valence-corrected chi connectivity index (χ1v) is 6.71. The lowest BCUT2D eigenvalue weighted by molar-refractivity contribution is -0.118. The molecule has 1 aromatic carbocycles. The third-order valence-electron chi connectivity index (χ3n) is 2.81. The fourth-order valence-corrected chi connectivity index (χ4v) is 1.79. The molecule has 2 rings (SSSR count). The zero-order valence-electron chi connectivity index (χ0n) is 11.8. The Morgan fingerprint density at radius 2 is 2.10 bits per heavy atom. The van der Waals surface area contributed by atoms with E-state index in [2.05, 4.69) is 22.4 Å². The molecule has 1 heterocycles. The lowest BCUT2D eigenvalue weighted by Gasteiger charge is -2.05. The number of hydrogen-bond donors (Lipinski definition) is 2. The van der Waals surface area contributed by atoms with E-state index < -0.39 is 0 Å². The second-order valence-corrected chi connectivity index (χ2v) is 4.68. The van der Waals surface area contributed by atoms with Gasteiger partial charge in [-0.3, -0.25) is 9.89 Å². The maximum Gasteiger partial charge on any atom is 0.263 e. The van der Waals surface area contributed by atoms with Crippen LogP contribution in [0, 0.1) is 6.92 Å². The van der Waals surface area contributed by atoms with Gasteiger partial charge in [0.2, 0.25) is 0 Å². The van der Waals surface area contributed by atoms with Gasteiger partial charge in [-0.15, -0.1) is 0 Å². The summed E-state index contributed by atoms with van der Waals surface area (Å²) in [6.45, 7) is 4.06. The average Bonchev–Trinajstić information content (AvgIpc) is 2.86. The monoisotopic (exact) mass is 273 g/mol. The molecule has 0 bridgehead atoms. The van der Waals surface area contributed by atoms with E-state index in [9.17, 15) is 4.79 Å². The highest BCUT2D eigenvalue weighted by atomic mass is 16.5. The van der Waals surface area contributed by atoms with Crippen molar-refractivity contribution in [1.29, 1.82) is 0 Å². The van der Waals surface area contributed by atoms with Gasteiger partial charge in [0.25, 0.3) is 5.91 Å². The van der Waals surface area contributed by atoms with Crippen LogP contribution in [0.2, 0.25) is 0 Å². The number of anilines is 1. The van der Waals surface area contributed by atoms with E-state index in [1.807, 2.05) is 37.3 Å². The molecule has 2 aromatic rings. The third-order valence-corrected chi connectivity index (χ3v) is 2.81. The minimum absolute atomic E-state index is 0.0287. The number of hydrogen-bond acceptors (Lipinski definition) is 3. The number of nitrogens with one attached hydrogen (secondary N) is 2. The van der Waals surface area contributed by atoms with E-state index in [0.717, 1.165) is 24.1 Å². The van der Waals surface area contributed by atoms with Gasteiger partial charge in [0.1, 0.15) is 5.75 Å². The van der Waals surface area contributed by atoms with Crippen LogP contribution >= 0.6 is 0 Å². The Morgan fingerprint density at radius 1 is 1.35 bits per heavy atom. The number of aromatic nitrogens is 2. The molecular weight excluding hydrogens is 254 g/mol. The summed E-state index contributed by atoms with van der Waals surface area (Å²) in [4.78, 5) is 11.7. The standard InChI is InChI=1S/C15H19N3O2/c1-3-4-12-9-14(18-17-12)16-15(19)10-20-13-7-5-11(2)6-8-13/h5-9H,3-4,10H2,1-2H3,(H2,16,17,18,19). The minimum Gasteiger partial charge on any atom is -0.484 e. The number of aromatic amines is 1. The molecular formula is C15H19N3O2. The molecule has 1 aromatic heterocycles. The number of carbonyl (C=O) groups excluding carboxylic acids is 1. The molecule has 0 aliphatic heterocycles. The fraction of sp³-hybridized carbons (Fsp3) is 0.333. The number of nitrogens with zero attached hydrogens (tertiary/aromatic N) is 1. The Bertz CT molecular complexity index is 561. The van der Waals surface area contributed by atoms with Crippen molar-refractivity contribution >= 4 is 11.7 Å². The number of rotatable bonds is 6. The van der Waals surface area contributed by atoms with E-state index in [1.54, 1.807) is 0 Å². The van der Waals surface area contributed by atoms with Crippen LogP contribution in [0.3, 0.4) is 0 Å². The second-order valence-electron chi connectivity index (χ2n) is 4.68. The first-order chi connectivity index (χ1) is 9.67. The van der Waals surface area contributed by atoms with E-state index in [-0.39, 0.29) is 12.5 Å². The molecule has 0 unspecified atom stereocenters. The maximum absolute atomic E-state index is 11.7. The highest BCUT2D eigenvalue weighted by Crippen LogP contribution is 2.11. The smallest absolute Gasteiger partial charge is 0.263 e. The summed E-state index contributed by atoms with van der Waals surface area (Å²) in [5.74, 6) is 0.991. The summed E-state index contributed by atoms with van der Waals surface area (Å²) in [6, 6.07) is 9.41. The lowest BCUT2D eigenvalue weighted by Crippen LogP contribution is -2.20. The van der Waals surface area contributed by atoms with Crippen molar-refractivity contribution in [2.75, 3.05) is 11.9 Å². The molecule has 1 amide bonds. The van der Waals surface area contributed by atoms with Crippen molar-refractivity contribution in [2.45, 2.75) is 26.7 Å². The summed E-state index contributed by atoms with van der Waals surface area (Å²) >= 11 is 0. The molecule has 0 saturated heterocycles. The number of aryl methyl sites for hydroxylation is 2. The van der Waals surface area contributed by atoms with Gasteiger partial charge in [-0.25, -0.2) is 0 Å². The normalized spacial score (nSPS) is 10.3. The molecule has 0 aliphatic rings. The molecule has 106 valence electrons. The predicted octanol–water partition coefficient (Wildman–Crippen LogP) is 2.69. The first kappa shape index (κ1) is 14.1.